The van der Waals surface area contributed by atoms with Crippen molar-refractivity contribution in [3.8, 4) is 0 Å². The Hall–Kier alpha value is -0.570. The third-order valence-corrected chi connectivity index (χ3v) is 4.28. The number of rotatable bonds is 3. The third-order valence-electron chi connectivity index (χ3n) is 4.28. The zero-order valence-corrected chi connectivity index (χ0v) is 10.2. The minimum atomic E-state index is -0.636. The highest BCUT2D eigenvalue weighted by Crippen LogP contribution is 2.33. The summed E-state index contributed by atoms with van der Waals surface area (Å²) in [5.74, 6) is 0.113. The summed E-state index contributed by atoms with van der Waals surface area (Å²) in [6.45, 7) is 2.27. The summed E-state index contributed by atoms with van der Waals surface area (Å²) in [5, 5.41) is 12.9. The fourth-order valence-electron chi connectivity index (χ4n) is 3.35. The fourth-order valence-corrected chi connectivity index (χ4v) is 3.35. The van der Waals surface area contributed by atoms with Gasteiger partial charge < -0.3 is 5.11 Å². The quantitative estimate of drug-likeness (QED) is 0.776. The maximum Gasteiger partial charge on any atom is 0.323 e. The largest absolute Gasteiger partial charge is 0.480 e. The second-order valence-corrected chi connectivity index (χ2v) is 5.71. The summed E-state index contributed by atoms with van der Waals surface area (Å²) < 4.78 is 0. The maximum absolute atomic E-state index is 11.4. The van der Waals surface area contributed by atoms with Crippen molar-refractivity contribution >= 4 is 5.97 Å². The first-order valence-corrected chi connectivity index (χ1v) is 6.63. The van der Waals surface area contributed by atoms with Crippen molar-refractivity contribution in [2.75, 3.05) is 0 Å². The molecule has 3 heteroatoms. The Bertz CT molecular complexity index is 259. The molecular formula is C13H23NO2. The van der Waals surface area contributed by atoms with Gasteiger partial charge in [-0.15, -0.1) is 0 Å². The molecule has 0 radical (unpaired) electrons. The Morgan fingerprint density at radius 1 is 1.25 bits per heavy atom. The number of hydrogen-bond donors (Lipinski definition) is 2. The van der Waals surface area contributed by atoms with Crippen LogP contribution < -0.4 is 5.32 Å². The van der Waals surface area contributed by atoms with Crippen molar-refractivity contribution in [3.05, 3.63) is 0 Å². The van der Waals surface area contributed by atoms with Crippen LogP contribution in [0, 0.1) is 5.92 Å². The minimum absolute atomic E-state index is 0.429. The summed E-state index contributed by atoms with van der Waals surface area (Å²) >= 11 is 0. The normalized spacial score (nSPS) is 33.8. The van der Waals surface area contributed by atoms with Crippen LogP contribution in [0.1, 0.15) is 58.3 Å². The number of nitrogens with one attached hydrogen (secondary N) is 1. The molecule has 2 unspecified atom stereocenters. The van der Waals surface area contributed by atoms with Crippen LogP contribution in [-0.2, 0) is 4.79 Å². The topological polar surface area (TPSA) is 49.3 Å². The SMILES string of the molecule is CC1CCCC(NC2(C(=O)O)CCCC2)C1. The van der Waals surface area contributed by atoms with E-state index >= 15 is 0 Å². The first-order valence-electron chi connectivity index (χ1n) is 6.63. The average Bonchev–Trinajstić information content (AvgIpc) is 2.67. The molecule has 0 spiro atoms. The number of hydrogen-bond acceptors (Lipinski definition) is 2. The summed E-state index contributed by atoms with van der Waals surface area (Å²) in [4.78, 5) is 11.4. The van der Waals surface area contributed by atoms with Crippen LogP contribution in [0.3, 0.4) is 0 Å². The highest BCUT2D eigenvalue weighted by Gasteiger charge is 2.42. The lowest BCUT2D eigenvalue weighted by Gasteiger charge is -2.35. The lowest BCUT2D eigenvalue weighted by atomic mass is 9.85. The van der Waals surface area contributed by atoms with Crippen LogP contribution in [0.4, 0.5) is 0 Å². The highest BCUT2D eigenvalue weighted by atomic mass is 16.4. The summed E-state index contributed by atoms with van der Waals surface area (Å²) in [7, 11) is 0. The molecule has 16 heavy (non-hydrogen) atoms. The van der Waals surface area contributed by atoms with E-state index in [0.29, 0.717) is 6.04 Å². The smallest absolute Gasteiger partial charge is 0.323 e. The van der Waals surface area contributed by atoms with Gasteiger partial charge in [0.25, 0.3) is 0 Å². The van der Waals surface area contributed by atoms with Gasteiger partial charge in [-0.3, -0.25) is 10.1 Å². The number of carboxylic acids is 1. The van der Waals surface area contributed by atoms with E-state index in [9.17, 15) is 9.90 Å². The fraction of sp³-hybridized carbons (Fsp3) is 0.923. The van der Waals surface area contributed by atoms with Gasteiger partial charge in [0.05, 0.1) is 0 Å². The first kappa shape index (κ1) is 11.9. The Morgan fingerprint density at radius 2 is 1.94 bits per heavy atom. The van der Waals surface area contributed by atoms with Gasteiger partial charge in [-0.05, 0) is 31.6 Å². The Kier molecular flexibility index (Phi) is 3.53. The molecular weight excluding hydrogens is 202 g/mol. The van der Waals surface area contributed by atoms with E-state index in [0.717, 1.165) is 44.4 Å². The Morgan fingerprint density at radius 3 is 2.50 bits per heavy atom. The van der Waals surface area contributed by atoms with Crippen molar-refractivity contribution in [1.29, 1.82) is 0 Å². The van der Waals surface area contributed by atoms with Gasteiger partial charge in [0.2, 0.25) is 0 Å². The molecule has 3 nitrogen and oxygen atoms in total. The van der Waals surface area contributed by atoms with Crippen LogP contribution >= 0.6 is 0 Å². The molecule has 0 aliphatic heterocycles. The molecule has 2 aliphatic rings. The van der Waals surface area contributed by atoms with E-state index in [1.807, 2.05) is 0 Å². The molecule has 0 aromatic heterocycles. The molecule has 0 heterocycles. The van der Waals surface area contributed by atoms with Crippen LogP contribution in [0.25, 0.3) is 0 Å². The van der Waals surface area contributed by atoms with Crippen LogP contribution in [0.5, 0.6) is 0 Å². The monoisotopic (exact) mass is 225 g/mol. The van der Waals surface area contributed by atoms with Gasteiger partial charge in [-0.1, -0.05) is 32.6 Å². The van der Waals surface area contributed by atoms with Gasteiger partial charge in [0.15, 0.2) is 0 Å². The molecule has 2 N–H and O–H groups in total. The van der Waals surface area contributed by atoms with E-state index in [4.69, 9.17) is 0 Å². The Balaban J connectivity index is 1.97. The first-order chi connectivity index (χ1) is 7.62. The van der Waals surface area contributed by atoms with Gasteiger partial charge in [-0.25, -0.2) is 0 Å². The van der Waals surface area contributed by atoms with E-state index in [2.05, 4.69) is 12.2 Å². The van der Waals surface area contributed by atoms with Crippen LogP contribution in [-0.4, -0.2) is 22.7 Å². The van der Waals surface area contributed by atoms with Crippen molar-refractivity contribution in [2.24, 2.45) is 5.92 Å². The molecule has 0 bridgehead atoms. The third kappa shape index (κ3) is 2.40. The van der Waals surface area contributed by atoms with E-state index in [1.54, 1.807) is 0 Å². The zero-order chi connectivity index (χ0) is 11.6. The van der Waals surface area contributed by atoms with Crippen molar-refractivity contribution in [2.45, 2.75) is 69.9 Å². The van der Waals surface area contributed by atoms with Crippen molar-refractivity contribution in [1.82, 2.24) is 5.32 Å². The minimum Gasteiger partial charge on any atom is -0.480 e. The molecule has 2 rings (SSSR count). The maximum atomic E-state index is 11.4. The molecule has 2 atom stereocenters. The summed E-state index contributed by atoms with van der Waals surface area (Å²) in [6.07, 6.45) is 8.59. The molecule has 2 fully saturated rings. The molecule has 0 amide bonds. The van der Waals surface area contributed by atoms with Gasteiger partial charge in [0.1, 0.15) is 5.54 Å². The van der Waals surface area contributed by atoms with Gasteiger partial charge in [-0.2, -0.15) is 0 Å². The van der Waals surface area contributed by atoms with E-state index in [1.165, 1.54) is 12.8 Å². The molecule has 0 saturated heterocycles. The summed E-state index contributed by atoms with van der Waals surface area (Å²) in [6, 6.07) is 0.429. The second-order valence-electron chi connectivity index (χ2n) is 5.71. The predicted octanol–water partition coefficient (Wildman–Crippen LogP) is 2.55. The van der Waals surface area contributed by atoms with Gasteiger partial charge in [0, 0.05) is 6.04 Å². The van der Waals surface area contributed by atoms with Crippen molar-refractivity contribution in [3.63, 3.8) is 0 Å². The average molecular weight is 225 g/mol. The standard InChI is InChI=1S/C13H23NO2/c1-10-5-4-6-11(9-10)14-13(12(15)16)7-2-3-8-13/h10-11,14H,2-9H2,1H3,(H,15,16). The number of carbonyl (C=O) groups is 1. The molecule has 2 aliphatic carbocycles. The van der Waals surface area contributed by atoms with Crippen LogP contribution in [0.15, 0.2) is 0 Å². The molecule has 0 aromatic rings. The van der Waals surface area contributed by atoms with Crippen LogP contribution in [0.2, 0.25) is 0 Å². The second kappa shape index (κ2) is 4.74. The molecule has 92 valence electrons. The number of aliphatic carboxylic acids is 1. The van der Waals surface area contributed by atoms with E-state index in [-0.39, 0.29) is 0 Å². The lowest BCUT2D eigenvalue weighted by molar-refractivity contribution is -0.145. The molecule has 0 aromatic carbocycles. The van der Waals surface area contributed by atoms with Crippen molar-refractivity contribution < 1.29 is 9.90 Å². The Labute approximate surface area is 97.6 Å². The number of carboxylic acid groups (broad SMARTS) is 1. The summed E-state index contributed by atoms with van der Waals surface area (Å²) in [5.41, 5.74) is -0.596. The van der Waals surface area contributed by atoms with Gasteiger partial charge >= 0.3 is 5.97 Å². The predicted molar refractivity (Wildman–Crippen MR) is 63.4 cm³/mol. The lowest BCUT2D eigenvalue weighted by Crippen LogP contribution is -2.55. The molecule has 2 saturated carbocycles. The highest BCUT2D eigenvalue weighted by molar-refractivity contribution is 5.79. The van der Waals surface area contributed by atoms with E-state index < -0.39 is 11.5 Å². The zero-order valence-electron chi connectivity index (χ0n) is 10.2.